The van der Waals surface area contributed by atoms with Crippen LogP contribution in [0.5, 0.6) is 0 Å². The van der Waals surface area contributed by atoms with Gasteiger partial charge in [-0.25, -0.2) is 9.78 Å². The number of hydrogen-bond donors (Lipinski definition) is 1. The van der Waals surface area contributed by atoms with E-state index in [1.54, 1.807) is 20.8 Å². The Labute approximate surface area is 155 Å². The Balaban J connectivity index is 1.97. The molecule has 0 radical (unpaired) electrons. The van der Waals surface area contributed by atoms with Gasteiger partial charge < -0.3 is 15.0 Å². The summed E-state index contributed by atoms with van der Waals surface area (Å²) in [5.41, 5.74) is -1.44. The zero-order chi connectivity index (χ0) is 19.5. The molecule has 1 unspecified atom stereocenters. The maximum atomic E-state index is 12.7. The Bertz CT molecular complexity index is 647. The van der Waals surface area contributed by atoms with E-state index in [2.05, 4.69) is 10.3 Å². The van der Waals surface area contributed by atoms with E-state index < -0.39 is 23.4 Å². The number of halogens is 4. The quantitative estimate of drug-likeness (QED) is 0.821. The van der Waals surface area contributed by atoms with Gasteiger partial charge in [0.25, 0.3) is 0 Å². The number of carbonyl (C=O) groups excluding carboxylic acids is 1. The van der Waals surface area contributed by atoms with E-state index in [0.29, 0.717) is 25.5 Å². The zero-order valence-electron chi connectivity index (χ0n) is 15.0. The van der Waals surface area contributed by atoms with Crippen LogP contribution in [0.3, 0.4) is 0 Å². The Morgan fingerprint density at radius 2 is 2.12 bits per heavy atom. The van der Waals surface area contributed by atoms with Gasteiger partial charge in [-0.1, -0.05) is 11.6 Å². The molecule has 0 spiro atoms. The van der Waals surface area contributed by atoms with Gasteiger partial charge in [0, 0.05) is 25.8 Å². The maximum Gasteiger partial charge on any atom is 0.417 e. The number of nitrogens with zero attached hydrogens (tertiary/aromatic N) is 2. The number of alkyl carbamates (subject to hydrolysis) is 1. The lowest BCUT2D eigenvalue weighted by Crippen LogP contribution is -2.42. The Kier molecular flexibility index (Phi) is 6.26. The first-order valence-corrected chi connectivity index (χ1v) is 8.78. The first-order valence-electron chi connectivity index (χ1n) is 8.40. The van der Waals surface area contributed by atoms with Gasteiger partial charge >= 0.3 is 12.3 Å². The van der Waals surface area contributed by atoms with Crippen LogP contribution in [0.15, 0.2) is 12.3 Å². The van der Waals surface area contributed by atoms with Crippen LogP contribution >= 0.6 is 11.6 Å². The fourth-order valence-electron chi connectivity index (χ4n) is 2.78. The van der Waals surface area contributed by atoms with Crippen molar-refractivity contribution in [1.82, 2.24) is 10.3 Å². The lowest BCUT2D eigenvalue weighted by atomic mass is 9.98. The molecule has 1 atom stereocenters. The summed E-state index contributed by atoms with van der Waals surface area (Å²) in [7, 11) is 0. The van der Waals surface area contributed by atoms with E-state index in [1.807, 2.05) is 4.90 Å². The van der Waals surface area contributed by atoms with Crippen molar-refractivity contribution < 1.29 is 22.7 Å². The molecule has 5 nitrogen and oxygen atoms in total. The summed E-state index contributed by atoms with van der Waals surface area (Å²) in [4.78, 5) is 17.5. The SMILES string of the molecule is CC(C)(C)OC(=O)NCC1CCCN(c2ncc(C(F)(F)F)cc2Cl)C1. The number of pyridine rings is 1. The minimum Gasteiger partial charge on any atom is -0.444 e. The van der Waals surface area contributed by atoms with Gasteiger partial charge in [-0.05, 0) is 45.6 Å². The molecule has 1 fully saturated rings. The number of rotatable bonds is 3. The number of hydrogen-bond acceptors (Lipinski definition) is 4. The third kappa shape index (κ3) is 5.93. The number of alkyl halides is 3. The van der Waals surface area contributed by atoms with E-state index >= 15 is 0 Å². The van der Waals surface area contributed by atoms with E-state index in [-0.39, 0.29) is 10.9 Å². The standard InChI is InChI=1S/C17H23ClF3N3O2/c1-16(2,3)26-15(25)23-8-11-5-4-6-24(10-11)14-13(18)7-12(9-22-14)17(19,20)21/h7,9,11H,4-6,8,10H2,1-3H3,(H,23,25). The second-order valence-electron chi connectivity index (χ2n) is 7.36. The number of nitrogens with one attached hydrogen (secondary N) is 1. The van der Waals surface area contributed by atoms with E-state index in [0.717, 1.165) is 25.1 Å². The molecule has 2 heterocycles. The molecule has 0 aromatic carbocycles. The topological polar surface area (TPSA) is 54.5 Å². The number of ether oxygens (including phenoxy) is 1. The molecular weight excluding hydrogens is 371 g/mol. The molecule has 1 saturated heterocycles. The summed E-state index contributed by atoms with van der Waals surface area (Å²) >= 11 is 6.02. The number of carbonyl (C=O) groups is 1. The molecule has 26 heavy (non-hydrogen) atoms. The predicted molar refractivity (Wildman–Crippen MR) is 93.4 cm³/mol. The van der Waals surface area contributed by atoms with Crippen molar-refractivity contribution in [3.8, 4) is 0 Å². The lowest BCUT2D eigenvalue weighted by Gasteiger charge is -2.34. The van der Waals surface area contributed by atoms with E-state index in [1.165, 1.54) is 0 Å². The molecule has 2 rings (SSSR count). The van der Waals surface area contributed by atoms with Crippen molar-refractivity contribution in [3.63, 3.8) is 0 Å². The van der Waals surface area contributed by atoms with E-state index in [9.17, 15) is 18.0 Å². The highest BCUT2D eigenvalue weighted by Crippen LogP contribution is 2.34. The lowest BCUT2D eigenvalue weighted by molar-refractivity contribution is -0.137. The van der Waals surface area contributed by atoms with Crippen molar-refractivity contribution in [1.29, 1.82) is 0 Å². The molecule has 0 aliphatic carbocycles. The van der Waals surface area contributed by atoms with Gasteiger partial charge in [0.05, 0.1) is 10.6 Å². The maximum absolute atomic E-state index is 12.7. The second kappa shape index (κ2) is 7.90. The molecule has 9 heteroatoms. The first-order chi connectivity index (χ1) is 12.0. The molecule has 1 amide bonds. The van der Waals surface area contributed by atoms with Crippen LogP contribution in [0.25, 0.3) is 0 Å². The molecule has 1 N–H and O–H groups in total. The summed E-state index contributed by atoms with van der Waals surface area (Å²) in [6, 6.07) is 0.895. The largest absolute Gasteiger partial charge is 0.444 e. The molecule has 146 valence electrons. The molecule has 1 aliphatic heterocycles. The van der Waals surface area contributed by atoms with Gasteiger partial charge in [0.1, 0.15) is 11.4 Å². The van der Waals surface area contributed by atoms with Gasteiger partial charge in [-0.15, -0.1) is 0 Å². The van der Waals surface area contributed by atoms with Crippen LogP contribution in [-0.2, 0) is 10.9 Å². The van der Waals surface area contributed by atoms with Gasteiger partial charge in [0.2, 0.25) is 0 Å². The van der Waals surface area contributed by atoms with Gasteiger partial charge in [-0.2, -0.15) is 13.2 Å². The van der Waals surface area contributed by atoms with Crippen LogP contribution in [-0.4, -0.2) is 36.3 Å². The fraction of sp³-hybridized carbons (Fsp3) is 0.647. The Morgan fingerprint density at radius 1 is 1.42 bits per heavy atom. The summed E-state index contributed by atoms with van der Waals surface area (Å²) in [6.45, 7) is 6.98. The molecule has 0 saturated carbocycles. The molecule has 1 aromatic heterocycles. The van der Waals surface area contributed by atoms with E-state index in [4.69, 9.17) is 16.3 Å². The predicted octanol–water partition coefficient (Wildman–Crippen LogP) is 4.49. The van der Waals surface area contributed by atoms with Crippen molar-refractivity contribution in [2.24, 2.45) is 5.92 Å². The number of amides is 1. The third-order valence-corrected chi connectivity index (χ3v) is 4.18. The third-order valence-electron chi connectivity index (χ3n) is 3.90. The first kappa shape index (κ1) is 20.6. The van der Waals surface area contributed by atoms with Crippen LogP contribution < -0.4 is 10.2 Å². The average molecular weight is 394 g/mol. The van der Waals surface area contributed by atoms with Crippen molar-refractivity contribution in [2.45, 2.75) is 45.4 Å². The van der Waals surface area contributed by atoms with Crippen LogP contribution in [0, 0.1) is 5.92 Å². The van der Waals surface area contributed by atoms with Crippen molar-refractivity contribution in [2.75, 3.05) is 24.5 Å². The van der Waals surface area contributed by atoms with Crippen LogP contribution in [0.4, 0.5) is 23.8 Å². The zero-order valence-corrected chi connectivity index (χ0v) is 15.7. The minimum absolute atomic E-state index is 0.0272. The Hall–Kier alpha value is -1.70. The number of anilines is 1. The summed E-state index contributed by atoms with van der Waals surface area (Å²) in [6.07, 6.45) is -2.44. The van der Waals surface area contributed by atoms with Crippen LogP contribution in [0.2, 0.25) is 5.02 Å². The highest BCUT2D eigenvalue weighted by atomic mass is 35.5. The second-order valence-corrected chi connectivity index (χ2v) is 7.77. The molecule has 1 aromatic rings. The van der Waals surface area contributed by atoms with Crippen LogP contribution in [0.1, 0.15) is 39.2 Å². The average Bonchev–Trinajstić information content (AvgIpc) is 2.50. The monoisotopic (exact) mass is 393 g/mol. The normalized spacial score (nSPS) is 18.6. The number of aromatic nitrogens is 1. The van der Waals surface area contributed by atoms with Gasteiger partial charge in [0.15, 0.2) is 0 Å². The smallest absolute Gasteiger partial charge is 0.417 e. The summed E-state index contributed by atoms with van der Waals surface area (Å²) < 4.78 is 43.4. The van der Waals surface area contributed by atoms with Crippen molar-refractivity contribution >= 4 is 23.5 Å². The van der Waals surface area contributed by atoms with Gasteiger partial charge in [-0.3, -0.25) is 0 Å². The minimum atomic E-state index is -4.48. The molecular formula is C17H23ClF3N3O2. The highest BCUT2D eigenvalue weighted by Gasteiger charge is 2.32. The number of piperidine rings is 1. The molecule has 1 aliphatic rings. The fourth-order valence-corrected chi connectivity index (χ4v) is 3.07. The summed E-state index contributed by atoms with van der Waals surface area (Å²) in [5, 5.41) is 2.71. The Morgan fingerprint density at radius 3 is 2.69 bits per heavy atom. The van der Waals surface area contributed by atoms with Crippen molar-refractivity contribution in [3.05, 3.63) is 22.8 Å². The highest BCUT2D eigenvalue weighted by molar-refractivity contribution is 6.33. The summed E-state index contributed by atoms with van der Waals surface area (Å²) in [5.74, 6) is 0.470. The molecule has 0 bridgehead atoms.